The molecule has 26 heavy (non-hydrogen) atoms. The first-order chi connectivity index (χ1) is 12.4. The molecule has 0 saturated carbocycles. The highest BCUT2D eigenvalue weighted by Crippen LogP contribution is 2.29. The molecule has 1 unspecified atom stereocenters. The van der Waals surface area contributed by atoms with Crippen LogP contribution in [0.15, 0.2) is 20.1 Å². The summed E-state index contributed by atoms with van der Waals surface area (Å²) in [7, 11) is 0. The number of amides is 1. The van der Waals surface area contributed by atoms with Crippen molar-refractivity contribution in [2.45, 2.75) is 45.9 Å². The lowest BCUT2D eigenvalue weighted by molar-refractivity contribution is 0.0735. The van der Waals surface area contributed by atoms with Crippen LogP contribution in [0, 0.1) is 13.8 Å². The Morgan fingerprint density at radius 3 is 2.81 bits per heavy atom. The van der Waals surface area contributed by atoms with Gasteiger partial charge in [0.25, 0.3) is 11.5 Å². The number of ether oxygens (including phenoxy) is 1. The van der Waals surface area contributed by atoms with Crippen LogP contribution in [0.1, 0.15) is 57.7 Å². The molecule has 8 heteroatoms. The first kappa shape index (κ1) is 16.7. The van der Waals surface area contributed by atoms with E-state index in [1.54, 1.807) is 19.9 Å². The molecule has 8 nitrogen and oxygen atoms in total. The molecule has 136 valence electrons. The number of aryl methyl sites for hydroxylation is 2. The van der Waals surface area contributed by atoms with Gasteiger partial charge in [0, 0.05) is 6.61 Å². The Hall–Kier alpha value is -2.74. The molecule has 2 aliphatic heterocycles. The number of H-pyrrole nitrogens is 1. The molecule has 1 amide bonds. The zero-order chi connectivity index (χ0) is 18.4. The summed E-state index contributed by atoms with van der Waals surface area (Å²) >= 11 is 0. The molecule has 2 aromatic heterocycles. The monoisotopic (exact) mass is 357 g/mol. The second kappa shape index (κ2) is 6.21. The average molecular weight is 357 g/mol. The summed E-state index contributed by atoms with van der Waals surface area (Å²) in [5.41, 5.74) is 0.646. The maximum Gasteiger partial charge on any atom is 0.349 e. The van der Waals surface area contributed by atoms with Crippen molar-refractivity contribution in [2.24, 2.45) is 0 Å². The molecule has 4 heterocycles. The summed E-state index contributed by atoms with van der Waals surface area (Å²) in [5, 5.41) is 0. The van der Waals surface area contributed by atoms with Crippen molar-refractivity contribution in [3.8, 4) is 0 Å². The van der Waals surface area contributed by atoms with E-state index in [4.69, 9.17) is 9.15 Å². The third-order valence-electron chi connectivity index (χ3n) is 4.83. The van der Waals surface area contributed by atoms with Crippen molar-refractivity contribution in [1.82, 2.24) is 14.9 Å². The Balaban J connectivity index is 1.64. The smallest absolute Gasteiger partial charge is 0.349 e. The van der Waals surface area contributed by atoms with E-state index in [-0.39, 0.29) is 30.3 Å². The summed E-state index contributed by atoms with van der Waals surface area (Å²) in [6.45, 7) is 4.37. The highest BCUT2D eigenvalue weighted by molar-refractivity contribution is 5.95. The first-order valence-corrected chi connectivity index (χ1v) is 8.58. The number of hydrogen-bond donors (Lipinski definition) is 1. The maximum atomic E-state index is 12.9. The number of rotatable bonds is 2. The van der Waals surface area contributed by atoms with E-state index in [1.807, 2.05) is 0 Å². The number of carbonyl (C=O) groups is 1. The molecular weight excluding hydrogens is 338 g/mol. The van der Waals surface area contributed by atoms with E-state index >= 15 is 0 Å². The summed E-state index contributed by atoms with van der Waals surface area (Å²) in [6.07, 6.45) is 1.48. The molecule has 0 radical (unpaired) electrons. The van der Waals surface area contributed by atoms with Crippen molar-refractivity contribution < 1.29 is 13.9 Å². The standard InChI is InChI=1S/C18H19N3O5/c1-9-6-14(13-4-3-5-25-13)26-18(24)15(9)17(23)21-7-11-12(8-21)19-10(2)20-16(11)22/h6,13H,3-5,7-8H2,1-2H3,(H,19,20,22). The number of fused-ring (bicyclic) bond motifs is 1. The zero-order valence-electron chi connectivity index (χ0n) is 14.6. The highest BCUT2D eigenvalue weighted by Gasteiger charge is 2.31. The fraction of sp³-hybridized carbons (Fsp3) is 0.444. The SMILES string of the molecule is Cc1nc2c(c(=O)[nH]1)CN(C(=O)c1c(C)cc(C3CCCO3)oc1=O)C2. The predicted molar refractivity (Wildman–Crippen MR) is 90.8 cm³/mol. The van der Waals surface area contributed by atoms with E-state index in [9.17, 15) is 14.4 Å². The van der Waals surface area contributed by atoms with Gasteiger partial charge in [0.05, 0.1) is 24.3 Å². The van der Waals surface area contributed by atoms with Gasteiger partial charge >= 0.3 is 5.63 Å². The van der Waals surface area contributed by atoms with Crippen LogP contribution in [0.4, 0.5) is 0 Å². The second-order valence-corrected chi connectivity index (χ2v) is 6.73. The molecule has 1 atom stereocenters. The molecule has 1 fully saturated rings. The van der Waals surface area contributed by atoms with Gasteiger partial charge in [-0.2, -0.15) is 0 Å². The second-order valence-electron chi connectivity index (χ2n) is 6.73. The Bertz CT molecular complexity index is 1000. The van der Waals surface area contributed by atoms with Crippen LogP contribution < -0.4 is 11.2 Å². The minimum absolute atomic E-state index is 0.00676. The predicted octanol–water partition coefficient (Wildman–Crippen LogP) is 1.35. The topological polar surface area (TPSA) is 106 Å². The van der Waals surface area contributed by atoms with Crippen molar-refractivity contribution in [2.75, 3.05) is 6.61 Å². The van der Waals surface area contributed by atoms with Gasteiger partial charge in [-0.15, -0.1) is 0 Å². The molecule has 1 N–H and O–H groups in total. The summed E-state index contributed by atoms with van der Waals surface area (Å²) in [4.78, 5) is 45.7. The molecule has 0 bridgehead atoms. The molecule has 0 aliphatic carbocycles. The number of carbonyl (C=O) groups excluding carboxylic acids is 1. The van der Waals surface area contributed by atoms with E-state index in [0.717, 1.165) is 12.8 Å². The van der Waals surface area contributed by atoms with Gasteiger partial charge in [-0.3, -0.25) is 9.59 Å². The molecule has 1 saturated heterocycles. The van der Waals surface area contributed by atoms with E-state index in [1.165, 1.54) is 4.90 Å². The summed E-state index contributed by atoms with van der Waals surface area (Å²) < 4.78 is 10.9. The van der Waals surface area contributed by atoms with Crippen molar-refractivity contribution in [3.63, 3.8) is 0 Å². The zero-order valence-corrected chi connectivity index (χ0v) is 14.6. The van der Waals surface area contributed by atoms with E-state index in [0.29, 0.717) is 35.0 Å². The van der Waals surface area contributed by atoms with Crippen molar-refractivity contribution in [1.29, 1.82) is 0 Å². The lowest BCUT2D eigenvalue weighted by Crippen LogP contribution is -2.31. The minimum Gasteiger partial charge on any atom is -0.424 e. The highest BCUT2D eigenvalue weighted by atomic mass is 16.5. The van der Waals surface area contributed by atoms with E-state index in [2.05, 4.69) is 9.97 Å². The van der Waals surface area contributed by atoms with Gasteiger partial charge in [-0.25, -0.2) is 9.78 Å². The van der Waals surface area contributed by atoms with Gasteiger partial charge in [0.15, 0.2) is 0 Å². The lowest BCUT2D eigenvalue weighted by atomic mass is 10.1. The van der Waals surface area contributed by atoms with Gasteiger partial charge < -0.3 is 19.0 Å². The number of aromatic nitrogens is 2. The van der Waals surface area contributed by atoms with Crippen molar-refractivity contribution in [3.05, 3.63) is 60.8 Å². The van der Waals surface area contributed by atoms with Crippen LogP contribution in [0.5, 0.6) is 0 Å². The Kier molecular flexibility index (Phi) is 3.99. The Morgan fingerprint density at radius 1 is 1.31 bits per heavy atom. The quantitative estimate of drug-likeness (QED) is 0.870. The van der Waals surface area contributed by atoms with Gasteiger partial charge in [0.1, 0.15) is 23.3 Å². The Labute approximate surface area is 148 Å². The summed E-state index contributed by atoms with van der Waals surface area (Å²) in [6, 6.07) is 1.70. The molecule has 0 spiro atoms. The lowest BCUT2D eigenvalue weighted by Gasteiger charge is -2.16. The molecule has 2 aliphatic rings. The van der Waals surface area contributed by atoms with E-state index < -0.39 is 11.5 Å². The van der Waals surface area contributed by atoms with Crippen LogP contribution in [0.3, 0.4) is 0 Å². The minimum atomic E-state index is -0.672. The number of aromatic amines is 1. The molecule has 0 aromatic carbocycles. The number of nitrogens with zero attached hydrogens (tertiary/aromatic N) is 2. The summed E-state index contributed by atoms with van der Waals surface area (Å²) in [5.74, 6) is 0.504. The first-order valence-electron chi connectivity index (χ1n) is 8.58. The van der Waals surface area contributed by atoms with Gasteiger partial charge in [0.2, 0.25) is 0 Å². The van der Waals surface area contributed by atoms with Gasteiger partial charge in [-0.1, -0.05) is 0 Å². The molecule has 4 rings (SSSR count). The molecular formula is C18H19N3O5. The van der Waals surface area contributed by atoms with Crippen LogP contribution >= 0.6 is 0 Å². The maximum absolute atomic E-state index is 12.9. The van der Waals surface area contributed by atoms with Crippen LogP contribution in [-0.4, -0.2) is 27.4 Å². The Morgan fingerprint density at radius 2 is 2.12 bits per heavy atom. The fourth-order valence-electron chi connectivity index (χ4n) is 3.54. The van der Waals surface area contributed by atoms with Crippen LogP contribution in [0.25, 0.3) is 0 Å². The third kappa shape index (κ3) is 2.76. The largest absolute Gasteiger partial charge is 0.424 e. The van der Waals surface area contributed by atoms with Crippen molar-refractivity contribution >= 4 is 5.91 Å². The number of hydrogen-bond acceptors (Lipinski definition) is 6. The molecule has 2 aromatic rings. The number of nitrogens with one attached hydrogen (secondary N) is 1. The third-order valence-corrected chi connectivity index (χ3v) is 4.83. The normalized spacial score (nSPS) is 19.0. The fourth-order valence-corrected chi connectivity index (χ4v) is 3.54. The average Bonchev–Trinajstić information content (AvgIpc) is 3.23. The van der Waals surface area contributed by atoms with Crippen LogP contribution in [-0.2, 0) is 17.8 Å². The van der Waals surface area contributed by atoms with Gasteiger partial charge in [-0.05, 0) is 38.3 Å². The van der Waals surface area contributed by atoms with Crippen LogP contribution in [0.2, 0.25) is 0 Å².